The van der Waals surface area contributed by atoms with Gasteiger partial charge in [-0.1, -0.05) is 12.1 Å². The predicted octanol–water partition coefficient (Wildman–Crippen LogP) is 1.22. The number of likely N-dealkylation sites (N-methyl/N-ethyl adjacent to an activating group) is 1. The van der Waals surface area contributed by atoms with Gasteiger partial charge in [0.05, 0.1) is 0 Å². The molecule has 0 aliphatic heterocycles. The summed E-state index contributed by atoms with van der Waals surface area (Å²) in [6.45, 7) is 5.98. The minimum Gasteiger partial charge on any atom is -0.370 e. The van der Waals surface area contributed by atoms with Crippen LogP contribution >= 0.6 is 0 Å². The number of rotatable bonds is 7. The van der Waals surface area contributed by atoms with E-state index in [1.54, 1.807) is 0 Å². The topological polar surface area (TPSA) is 52.7 Å². The van der Waals surface area contributed by atoms with Gasteiger partial charge in [-0.3, -0.25) is 0 Å². The molecule has 5 nitrogen and oxygen atoms in total. The van der Waals surface area contributed by atoms with Crippen LogP contribution < -0.4 is 9.62 Å². The molecule has 0 bridgehead atoms. The average Bonchev–Trinajstić information content (AvgIpc) is 2.34. The predicted molar refractivity (Wildman–Crippen MR) is 79.7 cm³/mol. The van der Waals surface area contributed by atoms with Gasteiger partial charge in [-0.2, -0.15) is 12.7 Å². The zero-order chi connectivity index (χ0) is 14.5. The lowest BCUT2D eigenvalue weighted by Crippen LogP contribution is -2.40. The van der Waals surface area contributed by atoms with Crippen LogP contribution in [0.5, 0.6) is 0 Å². The van der Waals surface area contributed by atoms with Crippen LogP contribution in [0.15, 0.2) is 24.3 Å². The number of anilines is 1. The third kappa shape index (κ3) is 4.81. The van der Waals surface area contributed by atoms with Crippen LogP contribution in [0.2, 0.25) is 0 Å². The molecule has 19 heavy (non-hydrogen) atoms. The fourth-order valence-electron chi connectivity index (χ4n) is 1.73. The van der Waals surface area contributed by atoms with Crippen LogP contribution in [0.4, 0.5) is 5.69 Å². The number of nitrogens with zero attached hydrogens (tertiary/aromatic N) is 2. The van der Waals surface area contributed by atoms with Crippen molar-refractivity contribution in [1.82, 2.24) is 9.03 Å². The van der Waals surface area contributed by atoms with Gasteiger partial charge in [0.1, 0.15) is 0 Å². The van der Waals surface area contributed by atoms with Gasteiger partial charge in [0, 0.05) is 39.4 Å². The van der Waals surface area contributed by atoms with E-state index in [1.807, 2.05) is 25.1 Å². The summed E-state index contributed by atoms with van der Waals surface area (Å²) in [7, 11) is -0.307. The summed E-state index contributed by atoms with van der Waals surface area (Å²) in [6, 6.07) is 8.20. The molecular formula is C13H23N3O2S. The molecule has 1 aromatic rings. The molecule has 0 spiro atoms. The lowest BCUT2D eigenvalue weighted by molar-refractivity contribution is 0.505. The zero-order valence-electron chi connectivity index (χ0n) is 12.0. The Kier molecular flexibility index (Phi) is 5.78. The van der Waals surface area contributed by atoms with E-state index in [9.17, 15) is 8.42 Å². The van der Waals surface area contributed by atoms with Gasteiger partial charge in [0.15, 0.2) is 0 Å². The first-order chi connectivity index (χ1) is 8.86. The molecule has 108 valence electrons. The van der Waals surface area contributed by atoms with Crippen LogP contribution in [-0.4, -0.2) is 46.5 Å². The van der Waals surface area contributed by atoms with E-state index in [0.717, 1.165) is 12.2 Å². The largest absolute Gasteiger partial charge is 0.370 e. The molecule has 0 heterocycles. The minimum absolute atomic E-state index is 0.391. The summed E-state index contributed by atoms with van der Waals surface area (Å²) in [4.78, 5) is 2.14. The highest BCUT2D eigenvalue weighted by molar-refractivity contribution is 7.87. The minimum atomic E-state index is -3.34. The van der Waals surface area contributed by atoms with Crippen LogP contribution in [0.1, 0.15) is 12.5 Å². The monoisotopic (exact) mass is 285 g/mol. The van der Waals surface area contributed by atoms with Crippen molar-refractivity contribution in [3.63, 3.8) is 0 Å². The van der Waals surface area contributed by atoms with Gasteiger partial charge < -0.3 is 4.90 Å². The molecule has 1 N–H and O–H groups in total. The second-order valence-electron chi connectivity index (χ2n) is 4.60. The molecule has 0 radical (unpaired) electrons. The maximum absolute atomic E-state index is 11.6. The van der Waals surface area contributed by atoms with Crippen molar-refractivity contribution in [2.45, 2.75) is 13.8 Å². The summed E-state index contributed by atoms with van der Waals surface area (Å²) in [6.07, 6.45) is 0. The third-order valence-corrected chi connectivity index (χ3v) is 4.43. The summed E-state index contributed by atoms with van der Waals surface area (Å²) in [5, 5.41) is 0. The summed E-state index contributed by atoms with van der Waals surface area (Å²) in [5.74, 6) is 0. The molecule has 0 atom stereocenters. The van der Waals surface area contributed by atoms with Crippen LogP contribution in [0.25, 0.3) is 0 Å². The normalized spacial score (nSPS) is 11.8. The van der Waals surface area contributed by atoms with E-state index in [4.69, 9.17) is 0 Å². The van der Waals surface area contributed by atoms with Gasteiger partial charge in [-0.25, -0.2) is 4.72 Å². The lowest BCUT2D eigenvalue weighted by atomic mass is 10.2. The highest BCUT2D eigenvalue weighted by Gasteiger charge is 2.12. The molecule has 0 saturated carbocycles. The van der Waals surface area contributed by atoms with Gasteiger partial charge in [-0.15, -0.1) is 0 Å². The van der Waals surface area contributed by atoms with Gasteiger partial charge in [0.2, 0.25) is 0 Å². The van der Waals surface area contributed by atoms with E-state index in [0.29, 0.717) is 13.1 Å². The van der Waals surface area contributed by atoms with Crippen molar-refractivity contribution in [1.29, 1.82) is 0 Å². The molecule has 6 heteroatoms. The van der Waals surface area contributed by atoms with Gasteiger partial charge in [0.25, 0.3) is 10.2 Å². The molecule has 0 aliphatic carbocycles. The molecule has 1 aromatic carbocycles. The Balaban J connectivity index is 2.60. The number of hydrogen-bond acceptors (Lipinski definition) is 3. The molecule has 1 rings (SSSR count). The number of aryl methyl sites for hydroxylation is 1. The summed E-state index contributed by atoms with van der Waals surface area (Å²) < 4.78 is 26.9. The summed E-state index contributed by atoms with van der Waals surface area (Å²) >= 11 is 0. The molecule has 0 aliphatic rings. The molecular weight excluding hydrogens is 262 g/mol. The maximum Gasteiger partial charge on any atom is 0.278 e. The first-order valence-electron chi connectivity index (χ1n) is 6.35. The lowest BCUT2D eigenvalue weighted by Gasteiger charge is -2.24. The van der Waals surface area contributed by atoms with Crippen molar-refractivity contribution < 1.29 is 8.42 Å². The average molecular weight is 285 g/mol. The third-order valence-electron chi connectivity index (χ3n) is 2.90. The standard InChI is InChI=1S/C13H23N3O2S/c1-5-16(13-8-6-7-12(2)11-13)10-9-14-19(17,18)15(3)4/h6-8,11,14H,5,9-10H2,1-4H3. The van der Waals surface area contributed by atoms with Crippen molar-refractivity contribution in [3.8, 4) is 0 Å². The van der Waals surface area contributed by atoms with Gasteiger partial charge >= 0.3 is 0 Å². The Labute approximate surface area is 116 Å². The Morgan fingerprint density at radius 3 is 2.47 bits per heavy atom. The molecule has 0 amide bonds. The van der Waals surface area contributed by atoms with Crippen molar-refractivity contribution >= 4 is 15.9 Å². The molecule has 0 saturated heterocycles. The van der Waals surface area contributed by atoms with Crippen molar-refractivity contribution in [2.75, 3.05) is 38.6 Å². The Morgan fingerprint density at radius 2 is 1.95 bits per heavy atom. The highest BCUT2D eigenvalue weighted by Crippen LogP contribution is 2.14. The molecule has 0 aromatic heterocycles. The van der Waals surface area contributed by atoms with Crippen LogP contribution in [0, 0.1) is 6.92 Å². The number of nitrogens with one attached hydrogen (secondary N) is 1. The Morgan fingerprint density at radius 1 is 1.26 bits per heavy atom. The van der Waals surface area contributed by atoms with Gasteiger partial charge in [-0.05, 0) is 31.5 Å². The van der Waals surface area contributed by atoms with E-state index in [2.05, 4.69) is 22.6 Å². The molecule has 0 fully saturated rings. The number of hydrogen-bond donors (Lipinski definition) is 1. The number of benzene rings is 1. The molecule has 0 unspecified atom stereocenters. The second-order valence-corrected chi connectivity index (χ2v) is 6.57. The Hall–Kier alpha value is -1.11. The SMILES string of the molecule is CCN(CCNS(=O)(=O)N(C)C)c1cccc(C)c1. The first-order valence-corrected chi connectivity index (χ1v) is 7.79. The fraction of sp³-hybridized carbons (Fsp3) is 0.538. The van der Waals surface area contributed by atoms with E-state index >= 15 is 0 Å². The quantitative estimate of drug-likeness (QED) is 0.819. The second kappa shape index (κ2) is 6.88. The maximum atomic E-state index is 11.6. The Bertz CT molecular complexity index is 500. The van der Waals surface area contributed by atoms with Crippen LogP contribution in [0.3, 0.4) is 0 Å². The van der Waals surface area contributed by atoms with Crippen LogP contribution in [-0.2, 0) is 10.2 Å². The fourth-order valence-corrected chi connectivity index (χ4v) is 2.34. The van der Waals surface area contributed by atoms with E-state index in [1.165, 1.54) is 24.0 Å². The summed E-state index contributed by atoms with van der Waals surface area (Å²) in [5.41, 5.74) is 2.32. The van der Waals surface area contributed by atoms with Crippen molar-refractivity contribution in [3.05, 3.63) is 29.8 Å². The highest BCUT2D eigenvalue weighted by atomic mass is 32.2. The zero-order valence-corrected chi connectivity index (χ0v) is 12.9. The van der Waals surface area contributed by atoms with Crippen molar-refractivity contribution in [2.24, 2.45) is 0 Å². The first kappa shape index (κ1) is 15.9. The van der Waals surface area contributed by atoms with E-state index in [-0.39, 0.29) is 0 Å². The van der Waals surface area contributed by atoms with E-state index < -0.39 is 10.2 Å². The smallest absolute Gasteiger partial charge is 0.278 e.